The molecule has 1 fully saturated rings. The zero-order valence-corrected chi connectivity index (χ0v) is 12.8. The first-order chi connectivity index (χ1) is 10.2. The summed E-state index contributed by atoms with van der Waals surface area (Å²) in [6, 6.07) is 7.57. The van der Waals surface area contributed by atoms with Gasteiger partial charge in [0.15, 0.2) is 17.8 Å². The van der Waals surface area contributed by atoms with Crippen molar-refractivity contribution in [2.24, 2.45) is 0 Å². The van der Waals surface area contributed by atoms with Crippen molar-refractivity contribution in [1.82, 2.24) is 4.90 Å². The quantitative estimate of drug-likeness (QED) is 0.834. The fourth-order valence-electron chi connectivity index (χ4n) is 2.39. The van der Waals surface area contributed by atoms with Crippen molar-refractivity contribution in [1.29, 1.82) is 5.26 Å². The predicted molar refractivity (Wildman–Crippen MR) is 79.3 cm³/mol. The highest BCUT2D eigenvalue weighted by Gasteiger charge is 2.19. The fraction of sp³-hybridized carbons (Fsp3) is 0.562. The van der Waals surface area contributed by atoms with Crippen LogP contribution in [-0.2, 0) is 4.74 Å². The molecule has 0 aromatic heterocycles. The maximum absolute atomic E-state index is 9.26. The third kappa shape index (κ3) is 3.87. The molecule has 0 N–H and O–H groups in total. The summed E-state index contributed by atoms with van der Waals surface area (Å²) in [6.07, 6.45) is 2.88. The summed E-state index contributed by atoms with van der Waals surface area (Å²) in [5.41, 5.74) is 0.885. The highest BCUT2D eigenvalue weighted by Crippen LogP contribution is 2.33. The van der Waals surface area contributed by atoms with Gasteiger partial charge in [-0.1, -0.05) is 6.07 Å². The maximum Gasteiger partial charge on any atom is 0.200 e. The number of rotatable bonds is 5. The topological polar surface area (TPSA) is 54.7 Å². The molecule has 0 bridgehead atoms. The number of methoxy groups -OCH3 is 1. The van der Waals surface area contributed by atoms with E-state index in [0.29, 0.717) is 11.5 Å². The number of nitrogens with zero attached hydrogens (tertiary/aromatic N) is 2. The van der Waals surface area contributed by atoms with Gasteiger partial charge in [0.25, 0.3) is 0 Å². The highest BCUT2D eigenvalue weighted by molar-refractivity contribution is 5.45. The van der Waals surface area contributed by atoms with Gasteiger partial charge in [-0.25, -0.2) is 0 Å². The van der Waals surface area contributed by atoms with Gasteiger partial charge in [-0.3, -0.25) is 4.90 Å². The van der Waals surface area contributed by atoms with Crippen molar-refractivity contribution < 1.29 is 14.2 Å². The lowest BCUT2D eigenvalue weighted by Gasteiger charge is -2.25. The molecule has 0 aliphatic carbocycles. The first-order valence-electron chi connectivity index (χ1n) is 7.18. The van der Waals surface area contributed by atoms with Gasteiger partial charge < -0.3 is 14.2 Å². The molecule has 2 unspecified atom stereocenters. The summed E-state index contributed by atoms with van der Waals surface area (Å²) in [7, 11) is 5.35. The third-order valence-corrected chi connectivity index (χ3v) is 3.54. The standard InChI is InChI=1S/C16H22N2O3/c1-18(2)13(11-17)12-7-8-14(15(10-12)19-3)21-16-6-4-5-9-20-16/h7-8,10,13,16H,4-6,9H2,1-3H3. The van der Waals surface area contributed by atoms with Gasteiger partial charge in [0, 0.05) is 6.42 Å². The summed E-state index contributed by atoms with van der Waals surface area (Å²) in [4.78, 5) is 1.86. The van der Waals surface area contributed by atoms with E-state index in [2.05, 4.69) is 6.07 Å². The van der Waals surface area contributed by atoms with Crippen LogP contribution in [0.25, 0.3) is 0 Å². The van der Waals surface area contributed by atoms with E-state index in [1.54, 1.807) is 7.11 Å². The molecule has 0 radical (unpaired) electrons. The first kappa shape index (κ1) is 15.6. The molecule has 1 aromatic rings. The molecule has 5 heteroatoms. The molecule has 2 atom stereocenters. The van der Waals surface area contributed by atoms with Crippen molar-refractivity contribution in [2.75, 3.05) is 27.8 Å². The zero-order valence-electron chi connectivity index (χ0n) is 12.8. The van der Waals surface area contributed by atoms with Gasteiger partial charge in [-0.2, -0.15) is 5.26 Å². The summed E-state index contributed by atoms with van der Waals surface area (Å²) in [6.45, 7) is 0.738. The molecular formula is C16H22N2O3. The van der Waals surface area contributed by atoms with E-state index in [9.17, 15) is 5.26 Å². The van der Waals surface area contributed by atoms with Gasteiger partial charge in [0.05, 0.1) is 19.8 Å². The lowest BCUT2D eigenvalue weighted by molar-refractivity contribution is -0.106. The Morgan fingerprint density at radius 1 is 1.33 bits per heavy atom. The number of nitriles is 1. The van der Waals surface area contributed by atoms with E-state index in [4.69, 9.17) is 14.2 Å². The van der Waals surface area contributed by atoms with Crippen LogP contribution >= 0.6 is 0 Å². The van der Waals surface area contributed by atoms with Gasteiger partial charge in [-0.15, -0.1) is 0 Å². The van der Waals surface area contributed by atoms with Crippen LogP contribution in [0.15, 0.2) is 18.2 Å². The second-order valence-corrected chi connectivity index (χ2v) is 5.32. The minimum atomic E-state index is -0.307. The molecule has 0 saturated carbocycles. The third-order valence-electron chi connectivity index (χ3n) is 3.54. The van der Waals surface area contributed by atoms with Crippen LogP contribution in [0.4, 0.5) is 0 Å². The number of ether oxygens (including phenoxy) is 3. The van der Waals surface area contributed by atoms with E-state index >= 15 is 0 Å². The molecule has 2 rings (SSSR count). The lowest BCUT2D eigenvalue weighted by Crippen LogP contribution is -2.25. The van der Waals surface area contributed by atoms with E-state index in [1.807, 2.05) is 37.2 Å². The van der Waals surface area contributed by atoms with Gasteiger partial charge >= 0.3 is 0 Å². The minimum absolute atomic E-state index is 0.209. The largest absolute Gasteiger partial charge is 0.493 e. The molecule has 1 aliphatic rings. The summed E-state index contributed by atoms with van der Waals surface area (Å²) < 4.78 is 16.8. The van der Waals surface area contributed by atoms with Crippen LogP contribution in [0.3, 0.4) is 0 Å². The Hall–Kier alpha value is -1.77. The molecular weight excluding hydrogens is 268 g/mol. The van der Waals surface area contributed by atoms with Crippen molar-refractivity contribution in [2.45, 2.75) is 31.6 Å². The second kappa shape index (κ2) is 7.30. The smallest absolute Gasteiger partial charge is 0.200 e. The molecule has 1 saturated heterocycles. The Kier molecular flexibility index (Phi) is 5.43. The molecule has 0 spiro atoms. The first-order valence-corrected chi connectivity index (χ1v) is 7.18. The van der Waals surface area contributed by atoms with Crippen molar-refractivity contribution in [3.05, 3.63) is 23.8 Å². The molecule has 5 nitrogen and oxygen atoms in total. The van der Waals surface area contributed by atoms with E-state index in [-0.39, 0.29) is 12.3 Å². The van der Waals surface area contributed by atoms with E-state index < -0.39 is 0 Å². The monoisotopic (exact) mass is 290 g/mol. The van der Waals surface area contributed by atoms with Crippen LogP contribution in [-0.4, -0.2) is 39.0 Å². The molecule has 1 heterocycles. The second-order valence-electron chi connectivity index (χ2n) is 5.32. The van der Waals surface area contributed by atoms with Crippen LogP contribution in [0.2, 0.25) is 0 Å². The van der Waals surface area contributed by atoms with Crippen LogP contribution < -0.4 is 9.47 Å². The summed E-state index contributed by atoms with van der Waals surface area (Å²) >= 11 is 0. The Morgan fingerprint density at radius 3 is 2.71 bits per heavy atom. The Balaban J connectivity index is 2.18. The molecule has 114 valence electrons. The van der Waals surface area contributed by atoms with Gasteiger partial charge in [0.2, 0.25) is 0 Å². The molecule has 1 aliphatic heterocycles. The average Bonchev–Trinajstić information content (AvgIpc) is 2.50. The zero-order chi connectivity index (χ0) is 15.2. The van der Waals surface area contributed by atoms with Gasteiger partial charge in [0.1, 0.15) is 6.04 Å². The van der Waals surface area contributed by atoms with E-state index in [0.717, 1.165) is 31.4 Å². The number of benzene rings is 1. The number of hydrogen-bond donors (Lipinski definition) is 0. The average molecular weight is 290 g/mol. The van der Waals surface area contributed by atoms with Crippen molar-refractivity contribution in [3.8, 4) is 17.6 Å². The molecule has 21 heavy (non-hydrogen) atoms. The fourth-order valence-corrected chi connectivity index (χ4v) is 2.39. The van der Waals surface area contributed by atoms with Crippen molar-refractivity contribution >= 4 is 0 Å². The van der Waals surface area contributed by atoms with Gasteiger partial charge in [-0.05, 0) is 44.6 Å². The highest BCUT2D eigenvalue weighted by atomic mass is 16.7. The molecule has 0 amide bonds. The van der Waals surface area contributed by atoms with Crippen LogP contribution in [0, 0.1) is 11.3 Å². The number of hydrogen-bond acceptors (Lipinski definition) is 5. The van der Waals surface area contributed by atoms with Crippen LogP contribution in [0.1, 0.15) is 30.9 Å². The minimum Gasteiger partial charge on any atom is -0.493 e. The van der Waals surface area contributed by atoms with E-state index in [1.165, 1.54) is 0 Å². The molecule has 1 aromatic carbocycles. The predicted octanol–water partition coefficient (Wildman–Crippen LogP) is 2.73. The normalized spacial score (nSPS) is 19.9. The lowest BCUT2D eigenvalue weighted by atomic mass is 10.1. The SMILES string of the molecule is COc1cc(C(C#N)N(C)C)ccc1OC1CCCCO1. The Morgan fingerprint density at radius 2 is 2.14 bits per heavy atom. The Bertz CT molecular complexity index is 505. The maximum atomic E-state index is 9.26. The van der Waals surface area contributed by atoms with Crippen LogP contribution in [0.5, 0.6) is 11.5 Å². The summed E-state index contributed by atoms with van der Waals surface area (Å²) in [5, 5.41) is 9.26. The summed E-state index contributed by atoms with van der Waals surface area (Å²) in [5.74, 6) is 1.28. The van der Waals surface area contributed by atoms with Crippen molar-refractivity contribution in [3.63, 3.8) is 0 Å². The Labute approximate surface area is 126 Å².